The second kappa shape index (κ2) is 28.7. The Hall–Kier alpha value is -6.22. The van der Waals surface area contributed by atoms with E-state index in [0.717, 1.165) is 33.4 Å². The van der Waals surface area contributed by atoms with E-state index in [0.29, 0.717) is 11.1 Å². The Kier molecular flexibility index (Phi) is 24.7. The summed E-state index contributed by atoms with van der Waals surface area (Å²) < 4.78 is 71.5. The number of allylic oxidation sites excluding steroid dienone is 20. The van der Waals surface area contributed by atoms with E-state index in [1.807, 2.05) is 140 Å². The second-order valence-corrected chi connectivity index (χ2v) is 21.9. The number of Topliss-reactive ketones (excluding diaryl/α,β-unsaturated/α-hetero) is 2. The molecule has 2 atom stereocenters. The molecule has 0 saturated heterocycles. The largest absolute Gasteiger partial charge is 0.454 e. The van der Waals surface area contributed by atoms with Crippen molar-refractivity contribution in [1.82, 2.24) is 21.3 Å². The van der Waals surface area contributed by atoms with E-state index >= 15 is 0 Å². The Labute approximate surface area is 424 Å². The summed E-state index contributed by atoms with van der Waals surface area (Å²) in [5.41, 5.74) is 5.66. The molecule has 2 aliphatic carbocycles. The number of carbonyl (C=O) groups excluding carboxylic acids is 6. The van der Waals surface area contributed by atoms with Gasteiger partial charge in [0.2, 0.25) is 0 Å². The molecule has 0 spiro atoms. The minimum absolute atomic E-state index is 0.0983. The van der Waals surface area contributed by atoms with Gasteiger partial charge in [0, 0.05) is 39.0 Å². The van der Waals surface area contributed by atoms with Crippen LogP contribution >= 0.6 is 0 Å². The van der Waals surface area contributed by atoms with Gasteiger partial charge in [-0.1, -0.05) is 135 Å². The van der Waals surface area contributed by atoms with Crippen molar-refractivity contribution in [3.63, 3.8) is 0 Å². The molecule has 72 heavy (non-hydrogen) atoms. The van der Waals surface area contributed by atoms with E-state index < -0.39 is 78.8 Å². The van der Waals surface area contributed by atoms with Gasteiger partial charge in [-0.05, 0) is 74.7 Å². The quantitative estimate of drug-likeness (QED) is 0.0318. The molecule has 0 bridgehead atoms. The molecule has 0 saturated carbocycles. The number of ether oxygens (including phenoxy) is 2. The molecule has 0 aromatic rings. The average molecular weight is 1040 g/mol. The summed E-state index contributed by atoms with van der Waals surface area (Å²) in [5, 5.41) is 9.28. The van der Waals surface area contributed by atoms with E-state index in [-0.39, 0.29) is 63.4 Å². The molecule has 0 aliphatic heterocycles. The minimum atomic E-state index is -4.22. The zero-order chi connectivity index (χ0) is 54.5. The van der Waals surface area contributed by atoms with Crippen molar-refractivity contribution in [3.05, 3.63) is 130 Å². The van der Waals surface area contributed by atoms with E-state index in [2.05, 4.69) is 21.3 Å². The minimum Gasteiger partial charge on any atom is -0.454 e. The standard InChI is InChI=1S/C52H72N4O14S2/c1-35(17-13-19-37(3)21-23-41-39(5)47(59)43(33-51(41,7)8)69-45(57)25-27-53-49(61)55-29-31-71(63,64)65)15-11-12-16-36(2)18-14-20-38(4)22-24-42-40(6)48(60)44(34-52(42,9)10)70-46(58)26-28-54-50(62)56-30-32-72(66,67)68/h11-24,43-44H,25-34H2,1-10H3,(H2,53,55,61)(H2,54,56,62)(H,63,64,65)(H,66,67,68)/b12-11+,17-13+,18-14+,23-21+,24-22+,35-15+,36-16+,37-19+,38-20+. The Bertz CT molecular complexity index is 2440. The fourth-order valence-corrected chi connectivity index (χ4v) is 8.18. The summed E-state index contributed by atoms with van der Waals surface area (Å²) in [6.45, 7) is 18.4. The number of urea groups is 2. The first-order valence-corrected chi connectivity index (χ1v) is 26.5. The van der Waals surface area contributed by atoms with Crippen molar-refractivity contribution in [1.29, 1.82) is 0 Å². The maximum absolute atomic E-state index is 13.2. The van der Waals surface area contributed by atoms with Crippen LogP contribution in [0.3, 0.4) is 0 Å². The smallest absolute Gasteiger partial charge is 0.314 e. The van der Waals surface area contributed by atoms with Crippen LogP contribution in [0.15, 0.2) is 130 Å². The van der Waals surface area contributed by atoms with Gasteiger partial charge in [0.05, 0.1) is 24.3 Å². The van der Waals surface area contributed by atoms with Gasteiger partial charge in [0.1, 0.15) is 0 Å². The lowest BCUT2D eigenvalue weighted by Crippen LogP contribution is -2.40. The van der Waals surface area contributed by atoms with Gasteiger partial charge in [-0.15, -0.1) is 0 Å². The van der Waals surface area contributed by atoms with E-state index in [9.17, 15) is 45.6 Å². The fourth-order valence-electron chi connectivity index (χ4n) is 7.46. The Morgan fingerprint density at radius 1 is 0.542 bits per heavy atom. The van der Waals surface area contributed by atoms with Gasteiger partial charge >= 0.3 is 24.0 Å². The number of esters is 2. The molecule has 0 heterocycles. The molecule has 0 aromatic carbocycles. The normalized spacial score (nSPS) is 19.6. The highest BCUT2D eigenvalue weighted by atomic mass is 32.2. The molecular formula is C52H72N4O14S2. The summed E-state index contributed by atoms with van der Waals surface area (Å²) >= 11 is 0. The Morgan fingerprint density at radius 3 is 1.18 bits per heavy atom. The molecule has 2 aliphatic rings. The molecule has 6 N–H and O–H groups in total. The highest BCUT2D eigenvalue weighted by Crippen LogP contribution is 2.42. The van der Waals surface area contributed by atoms with Crippen LogP contribution < -0.4 is 21.3 Å². The van der Waals surface area contributed by atoms with E-state index in [1.165, 1.54) is 0 Å². The van der Waals surface area contributed by atoms with Crippen molar-refractivity contribution in [2.75, 3.05) is 37.7 Å². The van der Waals surface area contributed by atoms with E-state index in [1.54, 1.807) is 13.8 Å². The molecule has 396 valence electrons. The fraction of sp³-hybridized carbons (Fsp3) is 0.462. The van der Waals surface area contributed by atoms with Crippen LogP contribution in [-0.2, 0) is 48.9 Å². The third-order valence-electron chi connectivity index (χ3n) is 11.3. The predicted molar refractivity (Wildman–Crippen MR) is 278 cm³/mol. The van der Waals surface area contributed by atoms with Crippen molar-refractivity contribution in [3.8, 4) is 0 Å². The molecule has 2 unspecified atom stereocenters. The maximum atomic E-state index is 13.2. The topological polar surface area (TPSA) is 278 Å². The summed E-state index contributed by atoms with van der Waals surface area (Å²) in [6.07, 6.45) is 25.5. The third-order valence-corrected chi connectivity index (χ3v) is 12.8. The highest BCUT2D eigenvalue weighted by molar-refractivity contribution is 7.86. The molecule has 2 rings (SSSR count). The van der Waals surface area contributed by atoms with Gasteiger partial charge in [0.15, 0.2) is 23.8 Å². The summed E-state index contributed by atoms with van der Waals surface area (Å²) in [5.74, 6) is -3.21. The van der Waals surface area contributed by atoms with Crippen molar-refractivity contribution in [2.45, 2.75) is 107 Å². The van der Waals surface area contributed by atoms with Gasteiger partial charge < -0.3 is 30.7 Å². The zero-order valence-corrected chi connectivity index (χ0v) is 44.6. The maximum Gasteiger partial charge on any atom is 0.314 e. The lowest BCUT2D eigenvalue weighted by molar-refractivity contribution is -0.156. The average Bonchev–Trinajstić information content (AvgIpc) is 3.24. The molecule has 0 aromatic heterocycles. The molecule has 18 nitrogen and oxygen atoms in total. The van der Waals surface area contributed by atoms with Gasteiger partial charge in [-0.2, -0.15) is 16.8 Å². The van der Waals surface area contributed by atoms with Crippen LogP contribution in [-0.4, -0.2) is 111 Å². The summed E-state index contributed by atoms with van der Waals surface area (Å²) in [6, 6.07) is -1.43. The number of ketones is 2. The highest BCUT2D eigenvalue weighted by Gasteiger charge is 2.41. The molecule has 20 heteroatoms. The van der Waals surface area contributed by atoms with Crippen LogP contribution in [0, 0.1) is 10.8 Å². The lowest BCUT2D eigenvalue weighted by atomic mass is 9.71. The first-order chi connectivity index (χ1) is 33.4. The van der Waals surface area contributed by atoms with E-state index in [4.69, 9.17) is 18.6 Å². The number of carbonyl (C=O) groups is 6. The Balaban J connectivity index is 1.90. The number of nitrogens with one attached hydrogen (secondary N) is 4. The van der Waals surface area contributed by atoms with Crippen LogP contribution in [0.4, 0.5) is 9.59 Å². The van der Waals surface area contributed by atoms with Crippen LogP contribution in [0.2, 0.25) is 0 Å². The second-order valence-electron chi connectivity index (χ2n) is 18.8. The van der Waals surface area contributed by atoms with Gasteiger partial charge in [-0.3, -0.25) is 28.3 Å². The first-order valence-electron chi connectivity index (χ1n) is 23.3. The number of amides is 4. The molecule has 0 fully saturated rings. The van der Waals surface area contributed by atoms with Crippen molar-refractivity contribution < 1.29 is 64.2 Å². The number of rotatable bonds is 24. The van der Waals surface area contributed by atoms with Crippen molar-refractivity contribution >= 4 is 55.8 Å². The molecule has 4 amide bonds. The van der Waals surface area contributed by atoms with Crippen LogP contribution in [0.1, 0.15) is 94.9 Å². The monoisotopic (exact) mass is 1040 g/mol. The summed E-state index contributed by atoms with van der Waals surface area (Å²) in [7, 11) is -8.44. The van der Waals surface area contributed by atoms with Gasteiger partial charge in [0.25, 0.3) is 20.2 Å². The molecular weight excluding hydrogens is 969 g/mol. The molecule has 0 radical (unpaired) electrons. The number of hydrogen-bond acceptors (Lipinski definition) is 12. The summed E-state index contributed by atoms with van der Waals surface area (Å²) in [4.78, 5) is 75.0. The third kappa shape index (κ3) is 23.8. The lowest BCUT2D eigenvalue weighted by Gasteiger charge is -2.36. The Morgan fingerprint density at radius 2 is 0.847 bits per heavy atom. The van der Waals surface area contributed by atoms with Crippen molar-refractivity contribution in [2.24, 2.45) is 10.8 Å². The number of hydrogen-bond donors (Lipinski definition) is 6. The SMILES string of the molecule is CC1=C(/C=C/C(C)=C/C=C/C(C)=C/C=C/C=C(C)/C=C/C=C(C)/C=C/C2=C(C)C(=O)C(OC(=O)CCNC(=O)NCCS(=O)(=O)O)CC2(C)C)C(C)(C)CC(OC(=O)CCNC(=O)NCCS(=O)(=O)O)C1=O. The first kappa shape index (κ1) is 61.9. The van der Waals surface area contributed by atoms with Crippen LogP contribution in [0.25, 0.3) is 0 Å². The zero-order valence-electron chi connectivity index (χ0n) is 42.9. The van der Waals surface area contributed by atoms with Gasteiger partial charge in [-0.25, -0.2) is 9.59 Å². The van der Waals surface area contributed by atoms with Crippen LogP contribution in [0.5, 0.6) is 0 Å². The predicted octanol–water partition coefficient (Wildman–Crippen LogP) is 7.16.